The average Bonchev–Trinajstić information content (AvgIpc) is 3.03. The first-order valence-electron chi connectivity index (χ1n) is 11.3. The molecule has 1 aliphatic rings. The van der Waals surface area contributed by atoms with Gasteiger partial charge < -0.3 is 10.1 Å². The molecule has 0 unspecified atom stereocenters. The van der Waals surface area contributed by atoms with Crippen molar-refractivity contribution in [3.63, 3.8) is 0 Å². The zero-order valence-corrected chi connectivity index (χ0v) is 20.8. The van der Waals surface area contributed by atoms with Gasteiger partial charge in [-0.3, -0.25) is 4.79 Å². The van der Waals surface area contributed by atoms with Crippen LogP contribution in [0, 0.1) is 27.7 Å². The van der Waals surface area contributed by atoms with E-state index in [1.54, 1.807) is 24.3 Å². The van der Waals surface area contributed by atoms with Crippen LogP contribution >= 0.6 is 0 Å². The number of amides is 1. The van der Waals surface area contributed by atoms with Crippen LogP contribution < -0.4 is 10.1 Å². The second-order valence-corrected chi connectivity index (χ2v) is 10.8. The van der Waals surface area contributed by atoms with Crippen molar-refractivity contribution in [2.45, 2.75) is 45.7 Å². The lowest BCUT2D eigenvalue weighted by Crippen LogP contribution is -2.33. The van der Waals surface area contributed by atoms with Crippen molar-refractivity contribution < 1.29 is 17.9 Å². The van der Waals surface area contributed by atoms with Gasteiger partial charge in [0.15, 0.2) is 0 Å². The molecule has 4 rings (SSSR count). The Balaban J connectivity index is 1.56. The number of hydrogen-bond donors (Lipinski definition) is 1. The maximum absolute atomic E-state index is 13.5. The molecule has 0 spiro atoms. The third kappa shape index (κ3) is 5.00. The average molecular weight is 479 g/mol. The maximum Gasteiger partial charge on any atom is 0.251 e. The molecule has 34 heavy (non-hydrogen) atoms. The zero-order valence-electron chi connectivity index (χ0n) is 20.0. The van der Waals surface area contributed by atoms with E-state index < -0.39 is 10.0 Å². The van der Waals surface area contributed by atoms with E-state index in [-0.39, 0.29) is 25.6 Å². The molecule has 1 amide bonds. The Labute approximate surface area is 201 Å². The van der Waals surface area contributed by atoms with Gasteiger partial charge in [0.1, 0.15) is 12.4 Å². The minimum absolute atomic E-state index is 0.142. The predicted octanol–water partition coefficient (Wildman–Crippen LogP) is 4.43. The summed E-state index contributed by atoms with van der Waals surface area (Å²) >= 11 is 0. The van der Waals surface area contributed by atoms with E-state index in [0.717, 1.165) is 27.8 Å². The second-order valence-electron chi connectivity index (χ2n) is 8.88. The van der Waals surface area contributed by atoms with Gasteiger partial charge in [0, 0.05) is 30.8 Å². The second kappa shape index (κ2) is 9.60. The first-order chi connectivity index (χ1) is 16.1. The minimum Gasteiger partial charge on any atom is -0.492 e. The third-order valence-electron chi connectivity index (χ3n) is 6.25. The smallest absolute Gasteiger partial charge is 0.251 e. The number of carbonyl (C=O) groups excluding carboxylic acids is 1. The van der Waals surface area contributed by atoms with Crippen LogP contribution in [0.25, 0.3) is 0 Å². The van der Waals surface area contributed by atoms with Gasteiger partial charge in [-0.05, 0) is 74.2 Å². The largest absolute Gasteiger partial charge is 0.492 e. The lowest BCUT2D eigenvalue weighted by Gasteiger charge is -2.21. The molecule has 0 bridgehead atoms. The maximum atomic E-state index is 13.5. The summed E-state index contributed by atoms with van der Waals surface area (Å²) in [6.45, 7) is 8.76. The van der Waals surface area contributed by atoms with Gasteiger partial charge >= 0.3 is 0 Å². The molecule has 1 heterocycles. The van der Waals surface area contributed by atoms with Crippen LogP contribution in [0.3, 0.4) is 0 Å². The molecule has 178 valence electrons. The number of ether oxygens (including phenoxy) is 1. The Morgan fingerprint density at radius 3 is 2.38 bits per heavy atom. The Morgan fingerprint density at radius 1 is 0.941 bits per heavy atom. The molecule has 0 aromatic heterocycles. The van der Waals surface area contributed by atoms with Crippen molar-refractivity contribution in [2.75, 3.05) is 13.2 Å². The summed E-state index contributed by atoms with van der Waals surface area (Å²) in [5, 5.41) is 2.93. The van der Waals surface area contributed by atoms with E-state index >= 15 is 0 Å². The van der Waals surface area contributed by atoms with Crippen LogP contribution in [0.5, 0.6) is 5.75 Å². The summed E-state index contributed by atoms with van der Waals surface area (Å²) in [6, 6.07) is 16.8. The lowest BCUT2D eigenvalue weighted by molar-refractivity contribution is 0.0950. The fourth-order valence-electron chi connectivity index (χ4n) is 4.06. The highest BCUT2D eigenvalue weighted by Gasteiger charge is 2.29. The van der Waals surface area contributed by atoms with Crippen molar-refractivity contribution in [3.05, 3.63) is 93.5 Å². The van der Waals surface area contributed by atoms with E-state index in [1.807, 2.05) is 58.0 Å². The molecule has 3 aromatic rings. The Kier molecular flexibility index (Phi) is 6.77. The molecule has 0 saturated carbocycles. The number of hydrogen-bond acceptors (Lipinski definition) is 4. The van der Waals surface area contributed by atoms with E-state index in [0.29, 0.717) is 28.3 Å². The van der Waals surface area contributed by atoms with E-state index in [1.165, 1.54) is 4.31 Å². The highest BCUT2D eigenvalue weighted by atomic mass is 32.2. The number of fused-ring (bicyclic) bond motifs is 1. The number of aryl methyl sites for hydroxylation is 4. The molecular formula is C27H30N2O4S. The number of rotatable bonds is 5. The van der Waals surface area contributed by atoms with E-state index in [4.69, 9.17) is 4.74 Å². The molecule has 0 atom stereocenters. The molecule has 1 aliphatic heterocycles. The summed E-state index contributed by atoms with van der Waals surface area (Å²) in [7, 11) is -3.73. The standard InChI is InChI=1S/C27H30N2O4S/c1-18-5-7-22(8-6-18)16-28-27(30)23-9-10-25-24(15-23)17-29(11-12-33-25)34(31,32)26-14-20(3)19(2)13-21(26)4/h5-10,13-15H,11-12,16-17H2,1-4H3,(H,28,30). The van der Waals surface area contributed by atoms with E-state index in [9.17, 15) is 13.2 Å². The van der Waals surface area contributed by atoms with E-state index in [2.05, 4.69) is 5.32 Å². The minimum atomic E-state index is -3.73. The van der Waals surface area contributed by atoms with Gasteiger partial charge in [-0.25, -0.2) is 8.42 Å². The van der Waals surface area contributed by atoms with Gasteiger partial charge in [-0.1, -0.05) is 35.9 Å². The van der Waals surface area contributed by atoms with Crippen LogP contribution in [0.4, 0.5) is 0 Å². The van der Waals surface area contributed by atoms with Gasteiger partial charge in [-0.2, -0.15) is 4.31 Å². The first kappa shape index (κ1) is 24.0. The summed E-state index contributed by atoms with van der Waals surface area (Å²) in [5.74, 6) is 0.386. The van der Waals surface area contributed by atoms with Gasteiger partial charge in [0.05, 0.1) is 4.90 Å². The zero-order chi connectivity index (χ0) is 24.5. The molecule has 0 fully saturated rings. The molecule has 0 saturated heterocycles. The van der Waals surface area contributed by atoms with Crippen LogP contribution in [0.1, 0.15) is 43.7 Å². The molecule has 1 N–H and O–H groups in total. The Morgan fingerprint density at radius 2 is 1.65 bits per heavy atom. The Hall–Kier alpha value is -3.16. The molecule has 0 radical (unpaired) electrons. The fourth-order valence-corrected chi connectivity index (χ4v) is 5.75. The highest BCUT2D eigenvalue weighted by Crippen LogP contribution is 2.29. The van der Waals surface area contributed by atoms with Crippen molar-refractivity contribution in [1.82, 2.24) is 9.62 Å². The molecule has 6 nitrogen and oxygen atoms in total. The van der Waals surface area contributed by atoms with Crippen LogP contribution in [0.15, 0.2) is 59.5 Å². The quantitative estimate of drug-likeness (QED) is 0.589. The third-order valence-corrected chi connectivity index (χ3v) is 8.24. The fraction of sp³-hybridized carbons (Fsp3) is 0.296. The summed E-state index contributed by atoms with van der Waals surface area (Å²) in [4.78, 5) is 13.1. The first-order valence-corrected chi connectivity index (χ1v) is 12.8. The van der Waals surface area contributed by atoms with Crippen LogP contribution in [-0.4, -0.2) is 31.8 Å². The van der Waals surface area contributed by atoms with Crippen molar-refractivity contribution in [2.24, 2.45) is 0 Å². The SMILES string of the molecule is Cc1ccc(CNC(=O)c2ccc3c(c2)CN(S(=O)(=O)c2cc(C)c(C)cc2C)CCO3)cc1. The van der Waals surface area contributed by atoms with Crippen molar-refractivity contribution in [3.8, 4) is 5.75 Å². The van der Waals surface area contributed by atoms with Gasteiger partial charge in [0.25, 0.3) is 5.91 Å². The Bertz CT molecular complexity index is 1330. The molecule has 7 heteroatoms. The highest BCUT2D eigenvalue weighted by molar-refractivity contribution is 7.89. The molecule has 3 aromatic carbocycles. The normalized spacial score (nSPS) is 14.1. The van der Waals surface area contributed by atoms with Gasteiger partial charge in [-0.15, -0.1) is 0 Å². The molecule has 0 aliphatic carbocycles. The predicted molar refractivity (Wildman–Crippen MR) is 133 cm³/mol. The number of benzene rings is 3. The van der Waals surface area contributed by atoms with Gasteiger partial charge in [0.2, 0.25) is 10.0 Å². The van der Waals surface area contributed by atoms with Crippen molar-refractivity contribution >= 4 is 15.9 Å². The lowest BCUT2D eigenvalue weighted by atomic mass is 10.1. The summed E-state index contributed by atoms with van der Waals surface area (Å²) in [6.07, 6.45) is 0. The number of carbonyl (C=O) groups is 1. The monoisotopic (exact) mass is 478 g/mol. The van der Waals surface area contributed by atoms with Crippen molar-refractivity contribution in [1.29, 1.82) is 0 Å². The summed E-state index contributed by atoms with van der Waals surface area (Å²) in [5.41, 5.74) is 6.03. The molecular weight excluding hydrogens is 448 g/mol. The summed E-state index contributed by atoms with van der Waals surface area (Å²) < 4.78 is 34.3. The number of nitrogens with zero attached hydrogens (tertiary/aromatic N) is 1. The number of nitrogens with one attached hydrogen (secondary N) is 1. The topological polar surface area (TPSA) is 75.7 Å². The number of sulfonamides is 1. The van der Waals surface area contributed by atoms with Crippen LogP contribution in [-0.2, 0) is 23.1 Å². The van der Waals surface area contributed by atoms with Crippen LogP contribution in [0.2, 0.25) is 0 Å².